The Morgan fingerprint density at radius 2 is 2.32 bits per heavy atom. The van der Waals surface area contributed by atoms with Gasteiger partial charge in [0, 0.05) is 18.8 Å². The van der Waals surface area contributed by atoms with Gasteiger partial charge in [0.25, 0.3) is 0 Å². The number of aliphatic hydroxyl groups excluding tert-OH is 1. The van der Waals surface area contributed by atoms with E-state index < -0.39 is 0 Å². The number of nitrogen functional groups attached to an aromatic ring is 1. The van der Waals surface area contributed by atoms with Gasteiger partial charge in [0.2, 0.25) is 5.91 Å². The average molecular weight is 263 g/mol. The van der Waals surface area contributed by atoms with Crippen LogP contribution in [0.4, 0.5) is 17.1 Å². The van der Waals surface area contributed by atoms with Gasteiger partial charge in [-0.3, -0.25) is 4.79 Å². The summed E-state index contributed by atoms with van der Waals surface area (Å²) in [7, 11) is 0. The van der Waals surface area contributed by atoms with Crippen LogP contribution in [0.15, 0.2) is 12.1 Å². The van der Waals surface area contributed by atoms with Crippen molar-refractivity contribution >= 4 is 23.0 Å². The number of nitrogens with one attached hydrogen (secondary N) is 2. The summed E-state index contributed by atoms with van der Waals surface area (Å²) < 4.78 is 0. The van der Waals surface area contributed by atoms with E-state index in [1.54, 1.807) is 0 Å². The standard InChI is InChI=1S/C14H21N3O2/c1-2-9(3-4-18)8-16-13-7-12-10(5-11(13)15)6-14(19)17-12/h5,7,9,16,18H,2-4,6,8,15H2,1H3,(H,17,19). The second-order valence-electron chi connectivity index (χ2n) is 4.99. The summed E-state index contributed by atoms with van der Waals surface area (Å²) >= 11 is 0. The third-order valence-electron chi connectivity index (χ3n) is 3.60. The fourth-order valence-electron chi connectivity index (χ4n) is 2.33. The highest BCUT2D eigenvalue weighted by Gasteiger charge is 2.19. The van der Waals surface area contributed by atoms with Crippen LogP contribution in [-0.2, 0) is 11.2 Å². The molecule has 0 radical (unpaired) electrons. The second kappa shape index (κ2) is 5.93. The monoisotopic (exact) mass is 263 g/mol. The van der Waals surface area contributed by atoms with E-state index in [2.05, 4.69) is 17.6 Å². The molecule has 0 aliphatic carbocycles. The van der Waals surface area contributed by atoms with Gasteiger partial charge in [-0.15, -0.1) is 0 Å². The molecule has 5 heteroatoms. The first-order chi connectivity index (χ1) is 9.13. The van der Waals surface area contributed by atoms with Crippen molar-refractivity contribution in [3.63, 3.8) is 0 Å². The van der Waals surface area contributed by atoms with Crippen LogP contribution in [0, 0.1) is 5.92 Å². The Hall–Kier alpha value is -1.75. The minimum Gasteiger partial charge on any atom is -0.397 e. The lowest BCUT2D eigenvalue weighted by Gasteiger charge is -2.17. The molecule has 19 heavy (non-hydrogen) atoms. The SMILES string of the molecule is CCC(CCO)CNc1cc2c(cc1N)CC(=O)N2. The number of anilines is 3. The molecule has 0 fully saturated rings. The van der Waals surface area contributed by atoms with Gasteiger partial charge >= 0.3 is 0 Å². The fourth-order valence-corrected chi connectivity index (χ4v) is 2.33. The topological polar surface area (TPSA) is 87.4 Å². The summed E-state index contributed by atoms with van der Waals surface area (Å²) in [6.07, 6.45) is 2.20. The Labute approximate surface area is 113 Å². The number of carbonyl (C=O) groups excluding carboxylic acids is 1. The van der Waals surface area contributed by atoms with Gasteiger partial charge in [0.05, 0.1) is 17.8 Å². The number of benzene rings is 1. The molecule has 1 unspecified atom stereocenters. The van der Waals surface area contributed by atoms with Crippen LogP contribution < -0.4 is 16.4 Å². The molecule has 0 saturated heterocycles. The predicted octanol–water partition coefficient (Wildman–Crippen LogP) is 1.58. The first-order valence-corrected chi connectivity index (χ1v) is 6.71. The summed E-state index contributed by atoms with van der Waals surface area (Å²) in [6.45, 7) is 3.08. The molecule has 1 heterocycles. The molecule has 0 spiro atoms. The summed E-state index contributed by atoms with van der Waals surface area (Å²) in [5.41, 5.74) is 9.29. The molecule has 1 aromatic carbocycles. The molecule has 1 atom stereocenters. The van der Waals surface area contributed by atoms with Crippen LogP contribution in [0.25, 0.3) is 0 Å². The fraction of sp³-hybridized carbons (Fsp3) is 0.500. The summed E-state index contributed by atoms with van der Waals surface area (Å²) in [5, 5.41) is 15.1. The number of carbonyl (C=O) groups is 1. The van der Waals surface area contributed by atoms with Crippen LogP contribution in [0.1, 0.15) is 25.3 Å². The maximum Gasteiger partial charge on any atom is 0.228 e. The van der Waals surface area contributed by atoms with Crippen LogP contribution in [0.2, 0.25) is 0 Å². The number of hydrogen-bond acceptors (Lipinski definition) is 4. The van der Waals surface area contributed by atoms with Gasteiger partial charge in [0.15, 0.2) is 0 Å². The first kappa shape index (κ1) is 13.7. The molecule has 1 aromatic rings. The molecular formula is C14H21N3O2. The van der Waals surface area contributed by atoms with E-state index in [4.69, 9.17) is 10.8 Å². The Morgan fingerprint density at radius 3 is 3.00 bits per heavy atom. The zero-order valence-electron chi connectivity index (χ0n) is 11.2. The Bertz CT molecular complexity index is 474. The summed E-state index contributed by atoms with van der Waals surface area (Å²) in [4.78, 5) is 11.3. The third-order valence-corrected chi connectivity index (χ3v) is 3.60. The molecule has 0 saturated carbocycles. The van der Waals surface area contributed by atoms with Gasteiger partial charge in [-0.1, -0.05) is 13.3 Å². The van der Waals surface area contributed by atoms with E-state index in [9.17, 15) is 4.79 Å². The van der Waals surface area contributed by atoms with Crippen molar-refractivity contribution in [3.05, 3.63) is 17.7 Å². The molecule has 2 rings (SSSR count). The zero-order valence-corrected chi connectivity index (χ0v) is 11.2. The van der Waals surface area contributed by atoms with Crippen molar-refractivity contribution in [2.75, 3.05) is 29.5 Å². The molecule has 1 amide bonds. The van der Waals surface area contributed by atoms with Crippen molar-refractivity contribution in [2.24, 2.45) is 5.92 Å². The van der Waals surface area contributed by atoms with E-state index in [1.807, 2.05) is 12.1 Å². The summed E-state index contributed by atoms with van der Waals surface area (Å²) in [6, 6.07) is 3.74. The highest BCUT2D eigenvalue weighted by molar-refractivity contribution is 6.00. The highest BCUT2D eigenvalue weighted by atomic mass is 16.3. The van der Waals surface area contributed by atoms with Gasteiger partial charge in [-0.05, 0) is 30.0 Å². The van der Waals surface area contributed by atoms with E-state index in [-0.39, 0.29) is 12.5 Å². The average Bonchev–Trinajstić information content (AvgIpc) is 2.73. The third kappa shape index (κ3) is 3.17. The van der Waals surface area contributed by atoms with Gasteiger partial charge in [-0.25, -0.2) is 0 Å². The molecule has 104 valence electrons. The van der Waals surface area contributed by atoms with Crippen molar-refractivity contribution in [2.45, 2.75) is 26.2 Å². The van der Waals surface area contributed by atoms with E-state index >= 15 is 0 Å². The largest absolute Gasteiger partial charge is 0.397 e. The lowest BCUT2D eigenvalue weighted by Crippen LogP contribution is -2.15. The quantitative estimate of drug-likeness (QED) is 0.587. The molecule has 0 aromatic heterocycles. The van der Waals surface area contributed by atoms with Crippen LogP contribution in [0.3, 0.4) is 0 Å². The van der Waals surface area contributed by atoms with E-state index in [0.29, 0.717) is 18.0 Å². The lowest BCUT2D eigenvalue weighted by molar-refractivity contribution is -0.115. The van der Waals surface area contributed by atoms with Crippen LogP contribution >= 0.6 is 0 Å². The maximum atomic E-state index is 11.3. The van der Waals surface area contributed by atoms with Crippen molar-refractivity contribution in [3.8, 4) is 0 Å². The number of rotatable bonds is 6. The lowest BCUT2D eigenvalue weighted by atomic mass is 10.0. The number of amides is 1. The highest BCUT2D eigenvalue weighted by Crippen LogP contribution is 2.31. The molecule has 5 N–H and O–H groups in total. The molecule has 5 nitrogen and oxygen atoms in total. The molecular weight excluding hydrogens is 242 g/mol. The minimum atomic E-state index is 0.0123. The van der Waals surface area contributed by atoms with Crippen LogP contribution in [0.5, 0.6) is 0 Å². The minimum absolute atomic E-state index is 0.0123. The first-order valence-electron chi connectivity index (χ1n) is 6.71. The molecule has 1 aliphatic rings. The zero-order chi connectivity index (χ0) is 13.8. The van der Waals surface area contributed by atoms with Gasteiger partial charge in [0.1, 0.15) is 0 Å². The Balaban J connectivity index is 2.05. The Morgan fingerprint density at radius 1 is 1.53 bits per heavy atom. The van der Waals surface area contributed by atoms with Crippen molar-refractivity contribution in [1.82, 2.24) is 0 Å². The molecule has 1 aliphatic heterocycles. The van der Waals surface area contributed by atoms with Crippen LogP contribution in [-0.4, -0.2) is 24.2 Å². The number of aliphatic hydroxyl groups is 1. The van der Waals surface area contributed by atoms with Gasteiger partial charge in [-0.2, -0.15) is 0 Å². The Kier molecular flexibility index (Phi) is 4.27. The van der Waals surface area contributed by atoms with Crippen molar-refractivity contribution < 1.29 is 9.90 Å². The molecule has 0 bridgehead atoms. The number of hydrogen-bond donors (Lipinski definition) is 4. The smallest absolute Gasteiger partial charge is 0.228 e. The number of nitrogens with two attached hydrogens (primary N) is 1. The van der Waals surface area contributed by atoms with E-state index in [1.165, 1.54) is 0 Å². The van der Waals surface area contributed by atoms with Crippen molar-refractivity contribution in [1.29, 1.82) is 0 Å². The van der Waals surface area contributed by atoms with Gasteiger partial charge < -0.3 is 21.5 Å². The normalized spacial score (nSPS) is 14.9. The number of fused-ring (bicyclic) bond motifs is 1. The second-order valence-corrected chi connectivity index (χ2v) is 4.99. The predicted molar refractivity (Wildman–Crippen MR) is 77.2 cm³/mol. The maximum absolute atomic E-state index is 11.3. The van der Waals surface area contributed by atoms with E-state index in [0.717, 1.165) is 36.3 Å². The summed E-state index contributed by atoms with van der Waals surface area (Å²) in [5.74, 6) is 0.436.